The van der Waals surface area contributed by atoms with Crippen LogP contribution in [0.3, 0.4) is 0 Å². The highest BCUT2D eigenvalue weighted by Gasteiger charge is 2.26. The van der Waals surface area contributed by atoms with E-state index in [4.69, 9.17) is 10.5 Å². The standard InChI is InChI=1S/C17H27N3O2/c1-17(2,3)19-16(21)22-15-8-9-20(12-15)11-14-6-4-13(10-18)5-7-14/h4-7,15H,8-12,18H2,1-3H3,(H,19,21)/t15-/m0/s1. The van der Waals surface area contributed by atoms with Gasteiger partial charge in [-0.15, -0.1) is 0 Å². The molecule has 2 rings (SSSR count). The highest BCUT2D eigenvalue weighted by Crippen LogP contribution is 2.17. The molecule has 3 N–H and O–H groups in total. The molecule has 1 aliphatic rings. The molecule has 1 atom stereocenters. The Morgan fingerprint density at radius 3 is 2.55 bits per heavy atom. The van der Waals surface area contributed by atoms with Crippen molar-refractivity contribution < 1.29 is 9.53 Å². The Kier molecular flexibility index (Phi) is 5.42. The summed E-state index contributed by atoms with van der Waals surface area (Å²) >= 11 is 0. The van der Waals surface area contributed by atoms with E-state index < -0.39 is 0 Å². The van der Waals surface area contributed by atoms with Crippen molar-refractivity contribution in [2.24, 2.45) is 5.73 Å². The molecule has 0 aliphatic carbocycles. The van der Waals surface area contributed by atoms with Gasteiger partial charge in [0.25, 0.3) is 0 Å². The van der Waals surface area contributed by atoms with Crippen molar-refractivity contribution in [3.05, 3.63) is 35.4 Å². The molecule has 1 aromatic carbocycles. The molecule has 0 radical (unpaired) electrons. The summed E-state index contributed by atoms with van der Waals surface area (Å²) in [5, 5.41) is 2.83. The van der Waals surface area contributed by atoms with Crippen LogP contribution >= 0.6 is 0 Å². The molecule has 0 aromatic heterocycles. The van der Waals surface area contributed by atoms with Crippen molar-refractivity contribution in [1.29, 1.82) is 0 Å². The number of nitrogens with zero attached hydrogens (tertiary/aromatic N) is 1. The summed E-state index contributed by atoms with van der Waals surface area (Å²) in [4.78, 5) is 14.1. The molecule has 0 spiro atoms. The van der Waals surface area contributed by atoms with Gasteiger partial charge >= 0.3 is 6.09 Å². The number of hydrogen-bond donors (Lipinski definition) is 2. The third-order valence-electron chi connectivity index (χ3n) is 3.64. The smallest absolute Gasteiger partial charge is 0.407 e. The fraction of sp³-hybridized carbons (Fsp3) is 0.588. The normalized spacial score (nSPS) is 19.2. The average molecular weight is 305 g/mol. The quantitative estimate of drug-likeness (QED) is 0.895. The van der Waals surface area contributed by atoms with Gasteiger partial charge in [0, 0.05) is 31.7 Å². The van der Waals surface area contributed by atoms with Gasteiger partial charge in [0.15, 0.2) is 0 Å². The summed E-state index contributed by atoms with van der Waals surface area (Å²) < 4.78 is 5.48. The van der Waals surface area contributed by atoms with Crippen LogP contribution in [0.15, 0.2) is 24.3 Å². The maximum Gasteiger partial charge on any atom is 0.407 e. The summed E-state index contributed by atoms with van der Waals surface area (Å²) in [6, 6.07) is 8.36. The number of likely N-dealkylation sites (tertiary alicyclic amines) is 1. The molecule has 1 aliphatic heterocycles. The van der Waals surface area contributed by atoms with Crippen molar-refractivity contribution in [3.8, 4) is 0 Å². The summed E-state index contributed by atoms with van der Waals surface area (Å²) in [5.41, 5.74) is 7.75. The number of carbonyl (C=O) groups excluding carboxylic acids is 1. The van der Waals surface area contributed by atoms with Crippen molar-refractivity contribution in [3.63, 3.8) is 0 Å². The number of nitrogens with one attached hydrogen (secondary N) is 1. The predicted octanol–water partition coefficient (Wildman–Crippen LogP) is 2.24. The van der Waals surface area contributed by atoms with Crippen LogP contribution in [-0.4, -0.2) is 35.7 Å². The van der Waals surface area contributed by atoms with Gasteiger partial charge in [-0.25, -0.2) is 4.79 Å². The molecule has 5 nitrogen and oxygen atoms in total. The number of nitrogens with two attached hydrogens (primary N) is 1. The second-order valence-corrected chi connectivity index (χ2v) is 6.95. The second-order valence-electron chi connectivity index (χ2n) is 6.95. The van der Waals surface area contributed by atoms with Crippen LogP contribution in [0.5, 0.6) is 0 Å². The molecule has 22 heavy (non-hydrogen) atoms. The first-order valence-corrected chi connectivity index (χ1v) is 7.85. The lowest BCUT2D eigenvalue weighted by atomic mass is 10.1. The molecule has 1 amide bonds. The molecule has 1 aromatic rings. The lowest BCUT2D eigenvalue weighted by molar-refractivity contribution is 0.0937. The van der Waals surface area contributed by atoms with E-state index in [1.54, 1.807) is 0 Å². The van der Waals surface area contributed by atoms with Crippen LogP contribution in [-0.2, 0) is 17.8 Å². The molecular formula is C17H27N3O2. The van der Waals surface area contributed by atoms with Crippen molar-refractivity contribution in [2.45, 2.75) is 51.9 Å². The van der Waals surface area contributed by atoms with Crippen LogP contribution in [0.4, 0.5) is 4.79 Å². The maximum absolute atomic E-state index is 11.8. The van der Waals surface area contributed by atoms with E-state index in [1.807, 2.05) is 20.8 Å². The van der Waals surface area contributed by atoms with Crippen molar-refractivity contribution >= 4 is 6.09 Å². The third kappa shape index (κ3) is 5.31. The summed E-state index contributed by atoms with van der Waals surface area (Å²) in [7, 11) is 0. The first-order valence-electron chi connectivity index (χ1n) is 7.85. The van der Waals surface area contributed by atoms with Gasteiger partial charge in [0.1, 0.15) is 6.10 Å². The lowest BCUT2D eigenvalue weighted by Crippen LogP contribution is -2.42. The summed E-state index contributed by atoms with van der Waals surface area (Å²) in [5.74, 6) is 0. The summed E-state index contributed by atoms with van der Waals surface area (Å²) in [6.07, 6.45) is 0.538. The Balaban J connectivity index is 1.78. The van der Waals surface area contributed by atoms with E-state index in [0.717, 1.165) is 31.6 Å². The molecule has 1 heterocycles. The van der Waals surface area contributed by atoms with Gasteiger partial charge in [-0.3, -0.25) is 4.90 Å². The number of rotatable bonds is 4. The van der Waals surface area contributed by atoms with E-state index in [2.05, 4.69) is 34.5 Å². The maximum atomic E-state index is 11.8. The minimum absolute atomic E-state index is 0.0225. The van der Waals surface area contributed by atoms with Gasteiger partial charge in [0.05, 0.1) is 0 Å². The van der Waals surface area contributed by atoms with E-state index in [-0.39, 0.29) is 17.7 Å². The zero-order valence-electron chi connectivity index (χ0n) is 13.8. The van der Waals surface area contributed by atoms with Crippen LogP contribution in [0.25, 0.3) is 0 Å². The van der Waals surface area contributed by atoms with Gasteiger partial charge < -0.3 is 15.8 Å². The largest absolute Gasteiger partial charge is 0.445 e. The van der Waals surface area contributed by atoms with E-state index in [9.17, 15) is 4.79 Å². The predicted molar refractivity (Wildman–Crippen MR) is 87.4 cm³/mol. The minimum Gasteiger partial charge on any atom is -0.445 e. The topological polar surface area (TPSA) is 67.6 Å². The highest BCUT2D eigenvalue weighted by molar-refractivity contribution is 5.68. The van der Waals surface area contributed by atoms with Gasteiger partial charge in [0.2, 0.25) is 0 Å². The Bertz CT molecular complexity index is 494. The average Bonchev–Trinajstić information content (AvgIpc) is 2.84. The first-order chi connectivity index (χ1) is 10.4. The first kappa shape index (κ1) is 16.8. The molecule has 5 heteroatoms. The minimum atomic E-state index is -0.327. The highest BCUT2D eigenvalue weighted by atomic mass is 16.6. The number of alkyl carbamates (subject to hydrolysis) is 1. The van der Waals surface area contributed by atoms with Crippen molar-refractivity contribution in [1.82, 2.24) is 10.2 Å². The Morgan fingerprint density at radius 2 is 1.95 bits per heavy atom. The molecule has 1 saturated heterocycles. The zero-order chi connectivity index (χ0) is 16.2. The fourth-order valence-corrected chi connectivity index (χ4v) is 2.56. The second kappa shape index (κ2) is 7.11. The Morgan fingerprint density at radius 1 is 1.32 bits per heavy atom. The molecule has 0 saturated carbocycles. The van der Waals surface area contributed by atoms with Crippen LogP contribution in [0.2, 0.25) is 0 Å². The number of hydrogen-bond acceptors (Lipinski definition) is 4. The number of carbonyl (C=O) groups is 1. The lowest BCUT2D eigenvalue weighted by Gasteiger charge is -2.22. The number of benzene rings is 1. The Hall–Kier alpha value is -1.59. The molecular weight excluding hydrogens is 278 g/mol. The van der Waals surface area contributed by atoms with E-state index in [1.165, 1.54) is 5.56 Å². The molecule has 1 fully saturated rings. The summed E-state index contributed by atoms with van der Waals surface area (Å²) in [6.45, 7) is 9.03. The molecule has 0 unspecified atom stereocenters. The van der Waals surface area contributed by atoms with Crippen LogP contribution in [0.1, 0.15) is 38.3 Å². The molecule has 122 valence electrons. The zero-order valence-corrected chi connectivity index (χ0v) is 13.8. The SMILES string of the molecule is CC(C)(C)NC(=O)O[C@H]1CCN(Cc2ccc(CN)cc2)C1. The van der Waals surface area contributed by atoms with E-state index >= 15 is 0 Å². The van der Waals surface area contributed by atoms with Gasteiger partial charge in [-0.2, -0.15) is 0 Å². The van der Waals surface area contributed by atoms with Crippen molar-refractivity contribution in [2.75, 3.05) is 13.1 Å². The molecule has 0 bridgehead atoms. The van der Waals surface area contributed by atoms with Crippen LogP contribution in [0, 0.1) is 0 Å². The number of ether oxygens (including phenoxy) is 1. The van der Waals surface area contributed by atoms with E-state index in [0.29, 0.717) is 6.54 Å². The van der Waals surface area contributed by atoms with Gasteiger partial charge in [-0.1, -0.05) is 24.3 Å². The Labute approximate surface area is 132 Å². The monoisotopic (exact) mass is 305 g/mol. The third-order valence-corrected chi connectivity index (χ3v) is 3.64. The number of amides is 1. The fourth-order valence-electron chi connectivity index (χ4n) is 2.56. The van der Waals surface area contributed by atoms with Gasteiger partial charge in [-0.05, 0) is 38.3 Å². The van der Waals surface area contributed by atoms with Crippen LogP contribution < -0.4 is 11.1 Å².